The molecular formula is C9H10N2O2. The number of carbonyl (C=O) groups is 1. The van der Waals surface area contributed by atoms with Gasteiger partial charge in [-0.1, -0.05) is 6.07 Å². The van der Waals surface area contributed by atoms with Crippen LogP contribution in [0.1, 0.15) is 5.56 Å². The van der Waals surface area contributed by atoms with Crippen molar-refractivity contribution in [1.82, 2.24) is 0 Å². The quantitative estimate of drug-likeness (QED) is 0.553. The summed E-state index contributed by atoms with van der Waals surface area (Å²) in [6.07, 6.45) is 0.533. The fourth-order valence-electron chi connectivity index (χ4n) is 1.51. The molecule has 0 aromatic heterocycles. The van der Waals surface area contributed by atoms with Gasteiger partial charge in [-0.15, -0.1) is 0 Å². The Kier molecular flexibility index (Phi) is 1.62. The smallest absolute Gasteiger partial charge is 0.326 e. The molecule has 1 heterocycles. The van der Waals surface area contributed by atoms with Crippen molar-refractivity contribution in [2.45, 2.75) is 12.5 Å². The molecule has 0 fully saturated rings. The second-order valence-electron chi connectivity index (χ2n) is 3.16. The molecule has 1 aromatic rings. The van der Waals surface area contributed by atoms with Crippen LogP contribution in [0.4, 0.5) is 11.4 Å². The molecular weight excluding hydrogens is 168 g/mol. The number of fused-ring (bicyclic) bond motifs is 1. The molecule has 0 saturated carbocycles. The lowest BCUT2D eigenvalue weighted by molar-refractivity contribution is -0.137. The van der Waals surface area contributed by atoms with Crippen LogP contribution < -0.4 is 11.1 Å². The standard InChI is InChI=1S/C9H10N2O2/c10-6-2-1-5-3-8(9(12)13)11-7(5)4-6/h1-2,4,8,11H,3,10H2,(H,12,13). The molecule has 68 valence electrons. The van der Waals surface area contributed by atoms with Gasteiger partial charge in [-0.25, -0.2) is 4.79 Å². The Morgan fingerprint density at radius 1 is 1.62 bits per heavy atom. The van der Waals surface area contributed by atoms with Crippen LogP contribution in [0.2, 0.25) is 0 Å². The average molecular weight is 178 g/mol. The molecule has 13 heavy (non-hydrogen) atoms. The van der Waals surface area contributed by atoms with Gasteiger partial charge >= 0.3 is 5.97 Å². The van der Waals surface area contributed by atoms with Crippen molar-refractivity contribution in [2.24, 2.45) is 0 Å². The van der Waals surface area contributed by atoms with Gasteiger partial charge in [0.25, 0.3) is 0 Å². The molecule has 0 amide bonds. The van der Waals surface area contributed by atoms with E-state index >= 15 is 0 Å². The van der Waals surface area contributed by atoms with Gasteiger partial charge in [-0.3, -0.25) is 0 Å². The van der Waals surface area contributed by atoms with E-state index in [9.17, 15) is 4.79 Å². The van der Waals surface area contributed by atoms with Crippen molar-refractivity contribution in [3.05, 3.63) is 23.8 Å². The van der Waals surface area contributed by atoms with Gasteiger partial charge in [-0.05, 0) is 17.7 Å². The Labute approximate surface area is 75.4 Å². The number of benzene rings is 1. The first-order valence-electron chi connectivity index (χ1n) is 4.04. The number of hydrogen-bond acceptors (Lipinski definition) is 3. The third kappa shape index (κ3) is 1.30. The highest BCUT2D eigenvalue weighted by Gasteiger charge is 2.25. The van der Waals surface area contributed by atoms with Crippen molar-refractivity contribution in [3.8, 4) is 0 Å². The first-order valence-corrected chi connectivity index (χ1v) is 4.04. The van der Waals surface area contributed by atoms with E-state index in [1.54, 1.807) is 12.1 Å². The Morgan fingerprint density at radius 2 is 2.38 bits per heavy atom. The highest BCUT2D eigenvalue weighted by Crippen LogP contribution is 2.27. The van der Waals surface area contributed by atoms with Crippen molar-refractivity contribution >= 4 is 17.3 Å². The molecule has 0 radical (unpaired) electrons. The molecule has 1 aromatic carbocycles. The summed E-state index contributed by atoms with van der Waals surface area (Å²) in [5, 5.41) is 11.7. The molecule has 0 saturated heterocycles. The number of nitrogens with one attached hydrogen (secondary N) is 1. The minimum atomic E-state index is -0.824. The van der Waals surface area contributed by atoms with Gasteiger partial charge in [-0.2, -0.15) is 0 Å². The van der Waals surface area contributed by atoms with Crippen LogP contribution in [-0.2, 0) is 11.2 Å². The largest absolute Gasteiger partial charge is 0.480 e. The molecule has 1 aliphatic rings. The van der Waals surface area contributed by atoms with Crippen LogP contribution in [0.5, 0.6) is 0 Å². The summed E-state index contributed by atoms with van der Waals surface area (Å²) < 4.78 is 0. The van der Waals surface area contributed by atoms with Crippen LogP contribution in [0.15, 0.2) is 18.2 Å². The predicted molar refractivity (Wildman–Crippen MR) is 49.6 cm³/mol. The summed E-state index contributed by atoms with van der Waals surface area (Å²) in [7, 11) is 0. The molecule has 0 bridgehead atoms. The third-order valence-corrected chi connectivity index (χ3v) is 2.19. The monoisotopic (exact) mass is 178 g/mol. The lowest BCUT2D eigenvalue weighted by Gasteiger charge is -2.03. The van der Waals surface area contributed by atoms with Gasteiger partial charge in [0.05, 0.1) is 0 Å². The van der Waals surface area contributed by atoms with E-state index in [-0.39, 0.29) is 0 Å². The number of anilines is 2. The normalized spacial score (nSPS) is 19.2. The summed E-state index contributed by atoms with van der Waals surface area (Å²) in [5.74, 6) is -0.824. The predicted octanol–water partition coefficient (Wildman–Crippen LogP) is 0.690. The van der Waals surface area contributed by atoms with Crippen LogP contribution >= 0.6 is 0 Å². The summed E-state index contributed by atoms with van der Waals surface area (Å²) in [4.78, 5) is 10.7. The van der Waals surface area contributed by atoms with E-state index in [0.717, 1.165) is 11.3 Å². The van der Waals surface area contributed by atoms with Crippen LogP contribution in [0.25, 0.3) is 0 Å². The fourth-order valence-corrected chi connectivity index (χ4v) is 1.51. The highest BCUT2D eigenvalue weighted by atomic mass is 16.4. The van der Waals surface area contributed by atoms with Crippen molar-refractivity contribution in [2.75, 3.05) is 11.1 Å². The zero-order valence-corrected chi connectivity index (χ0v) is 6.95. The Morgan fingerprint density at radius 3 is 3.08 bits per heavy atom. The minimum absolute atomic E-state index is 0.503. The van der Waals surface area contributed by atoms with E-state index in [1.165, 1.54) is 0 Å². The maximum absolute atomic E-state index is 10.7. The van der Waals surface area contributed by atoms with E-state index in [2.05, 4.69) is 5.32 Å². The van der Waals surface area contributed by atoms with Crippen molar-refractivity contribution in [1.29, 1.82) is 0 Å². The first-order chi connectivity index (χ1) is 6.16. The lowest BCUT2D eigenvalue weighted by Crippen LogP contribution is -2.26. The molecule has 1 unspecified atom stereocenters. The van der Waals surface area contributed by atoms with Crippen LogP contribution in [0.3, 0.4) is 0 Å². The maximum atomic E-state index is 10.7. The number of rotatable bonds is 1. The van der Waals surface area contributed by atoms with Gasteiger partial charge in [0.15, 0.2) is 0 Å². The zero-order valence-electron chi connectivity index (χ0n) is 6.95. The van der Waals surface area contributed by atoms with E-state index < -0.39 is 12.0 Å². The number of nitrogens with two attached hydrogens (primary N) is 1. The molecule has 1 atom stereocenters. The molecule has 0 spiro atoms. The first kappa shape index (κ1) is 7.91. The molecule has 0 aliphatic carbocycles. The fraction of sp³-hybridized carbons (Fsp3) is 0.222. The second kappa shape index (κ2) is 2.65. The summed E-state index contributed by atoms with van der Waals surface area (Å²) in [6, 6.07) is 4.90. The molecule has 4 N–H and O–H groups in total. The van der Waals surface area contributed by atoms with Crippen molar-refractivity contribution in [3.63, 3.8) is 0 Å². The van der Waals surface area contributed by atoms with Crippen LogP contribution in [0, 0.1) is 0 Å². The SMILES string of the molecule is Nc1ccc2c(c1)NC(C(=O)O)C2. The van der Waals surface area contributed by atoms with Crippen molar-refractivity contribution < 1.29 is 9.90 Å². The van der Waals surface area contributed by atoms with Crippen LogP contribution in [-0.4, -0.2) is 17.1 Å². The van der Waals surface area contributed by atoms with E-state index in [1.807, 2.05) is 6.07 Å². The molecule has 4 heteroatoms. The highest BCUT2D eigenvalue weighted by molar-refractivity contribution is 5.81. The van der Waals surface area contributed by atoms with Gasteiger partial charge in [0, 0.05) is 17.8 Å². The summed E-state index contributed by atoms with van der Waals surface area (Å²) in [6.45, 7) is 0. The lowest BCUT2D eigenvalue weighted by atomic mass is 10.1. The number of aliphatic carboxylic acids is 1. The maximum Gasteiger partial charge on any atom is 0.326 e. The zero-order chi connectivity index (χ0) is 9.42. The number of carboxylic acid groups (broad SMARTS) is 1. The minimum Gasteiger partial charge on any atom is -0.480 e. The van der Waals surface area contributed by atoms with Gasteiger partial charge in [0.1, 0.15) is 6.04 Å². The number of carboxylic acids is 1. The number of nitrogen functional groups attached to an aromatic ring is 1. The number of hydrogen-bond donors (Lipinski definition) is 3. The Bertz CT molecular complexity index is 363. The summed E-state index contributed by atoms with van der Waals surface area (Å²) in [5.41, 5.74) is 8.07. The Balaban J connectivity index is 2.30. The van der Waals surface area contributed by atoms with Gasteiger partial charge < -0.3 is 16.2 Å². The van der Waals surface area contributed by atoms with Gasteiger partial charge in [0.2, 0.25) is 0 Å². The van der Waals surface area contributed by atoms with E-state index in [0.29, 0.717) is 12.1 Å². The molecule has 4 nitrogen and oxygen atoms in total. The summed E-state index contributed by atoms with van der Waals surface area (Å²) >= 11 is 0. The second-order valence-corrected chi connectivity index (χ2v) is 3.16. The third-order valence-electron chi connectivity index (χ3n) is 2.19. The topological polar surface area (TPSA) is 75.3 Å². The Hall–Kier alpha value is -1.71. The van der Waals surface area contributed by atoms with E-state index in [4.69, 9.17) is 10.8 Å². The molecule has 2 rings (SSSR count). The molecule has 1 aliphatic heterocycles. The average Bonchev–Trinajstić information content (AvgIpc) is 2.46.